The number of hydrogen-bond donors (Lipinski definition) is 4. The number of amides is 3. The molecule has 1 aromatic carbocycles. The number of rotatable bonds is 7. The summed E-state index contributed by atoms with van der Waals surface area (Å²) < 4.78 is 1.71. The minimum absolute atomic E-state index is 0.0759. The molecule has 1 saturated heterocycles. The fraction of sp³-hybridized carbons (Fsp3) is 0.227. The van der Waals surface area contributed by atoms with Crippen molar-refractivity contribution in [2.45, 2.75) is 24.5 Å². The van der Waals surface area contributed by atoms with Crippen LogP contribution in [-0.4, -0.2) is 50.9 Å². The summed E-state index contributed by atoms with van der Waals surface area (Å²) in [5, 5.41) is 12.0. The summed E-state index contributed by atoms with van der Waals surface area (Å²) in [6.45, 7) is 0.589. The van der Waals surface area contributed by atoms with Crippen LogP contribution in [-0.2, 0) is 22.7 Å². The van der Waals surface area contributed by atoms with Gasteiger partial charge in [0.2, 0.25) is 5.91 Å². The number of β-lactam (4-membered cyclic amide) rings is 1. The molecule has 1 fully saturated rings. The van der Waals surface area contributed by atoms with E-state index in [0.29, 0.717) is 29.0 Å². The number of primary amides is 1. The molecule has 10 nitrogen and oxygen atoms in total. The molecule has 2 aromatic rings. The Morgan fingerprint density at radius 2 is 1.79 bits per heavy atom. The summed E-state index contributed by atoms with van der Waals surface area (Å²) >= 11 is 1.39. The second kappa shape index (κ2) is 9.04. The van der Waals surface area contributed by atoms with E-state index >= 15 is 0 Å². The Labute approximate surface area is 193 Å². The maximum absolute atomic E-state index is 12.8. The molecule has 0 aliphatic carbocycles. The van der Waals surface area contributed by atoms with Crippen LogP contribution in [0.2, 0.25) is 0 Å². The Hall–Kier alpha value is -3.70. The van der Waals surface area contributed by atoms with Gasteiger partial charge in [-0.1, -0.05) is 12.1 Å². The van der Waals surface area contributed by atoms with E-state index in [2.05, 4.69) is 5.32 Å². The topological polar surface area (TPSA) is 160 Å². The molecular weight excluding hydrogens is 446 g/mol. The van der Waals surface area contributed by atoms with E-state index in [-0.39, 0.29) is 12.2 Å². The highest BCUT2D eigenvalue weighted by molar-refractivity contribution is 8.00. The maximum Gasteiger partial charge on any atom is 0.352 e. The van der Waals surface area contributed by atoms with Crippen molar-refractivity contribution < 1.29 is 28.9 Å². The van der Waals surface area contributed by atoms with Gasteiger partial charge < -0.3 is 21.9 Å². The SMILES string of the molecule is NCc1ccc(C(=O)NC2C(=O)N3C(C(=O)O)=C(C[n+]4ccc(C(N)=O)cc4)CS[C@@H]23)cc1. The molecular formula is C22H22N5O5S+. The van der Waals surface area contributed by atoms with Gasteiger partial charge >= 0.3 is 5.97 Å². The number of nitrogens with one attached hydrogen (secondary N) is 1. The normalized spacial score (nSPS) is 19.5. The molecule has 4 rings (SSSR count). The molecule has 3 heterocycles. The molecule has 2 atom stereocenters. The molecule has 1 unspecified atom stereocenters. The third kappa shape index (κ3) is 4.32. The molecule has 2 aliphatic rings. The third-order valence-electron chi connectivity index (χ3n) is 5.54. The largest absolute Gasteiger partial charge is 0.477 e. The fourth-order valence-corrected chi connectivity index (χ4v) is 5.10. The molecule has 0 radical (unpaired) electrons. The summed E-state index contributed by atoms with van der Waals surface area (Å²) in [6, 6.07) is 9.02. The van der Waals surface area contributed by atoms with Gasteiger partial charge in [0.15, 0.2) is 18.9 Å². The van der Waals surface area contributed by atoms with Crippen LogP contribution >= 0.6 is 11.8 Å². The van der Waals surface area contributed by atoms with Crippen LogP contribution in [0.3, 0.4) is 0 Å². The number of thioether (sulfide) groups is 1. The highest BCUT2D eigenvalue weighted by atomic mass is 32.2. The van der Waals surface area contributed by atoms with Crippen molar-refractivity contribution >= 4 is 35.5 Å². The zero-order valence-corrected chi connectivity index (χ0v) is 18.2. The van der Waals surface area contributed by atoms with E-state index in [1.165, 1.54) is 16.7 Å². The Kier molecular flexibility index (Phi) is 6.16. The molecule has 0 spiro atoms. The second-order valence-electron chi connectivity index (χ2n) is 7.64. The van der Waals surface area contributed by atoms with E-state index in [9.17, 15) is 24.3 Å². The predicted molar refractivity (Wildman–Crippen MR) is 118 cm³/mol. The number of hydrogen-bond acceptors (Lipinski definition) is 6. The zero-order valence-electron chi connectivity index (χ0n) is 17.4. The number of fused-ring (bicyclic) bond motifs is 1. The first-order chi connectivity index (χ1) is 15.8. The molecule has 2 aliphatic heterocycles. The standard InChI is InChI=1S/C22H21N5O5S/c23-9-12-1-3-14(4-2-12)19(29)25-16-20(30)27-17(22(31)32)15(11-33-21(16)27)10-26-7-5-13(6-8-26)18(24)28/h1-8,16,21H,9-11,23H2,(H3-,24,25,28,29,31,32)/p+1/t16?,21-/m0/s1. The second-order valence-corrected chi connectivity index (χ2v) is 8.75. The number of aliphatic carboxylic acids is 1. The summed E-state index contributed by atoms with van der Waals surface area (Å²) in [5.41, 5.74) is 12.9. The van der Waals surface area contributed by atoms with Gasteiger partial charge in [0.05, 0.1) is 5.56 Å². The maximum atomic E-state index is 12.8. The number of carboxylic acids is 1. The van der Waals surface area contributed by atoms with Crippen molar-refractivity contribution in [2.24, 2.45) is 11.5 Å². The molecule has 1 aromatic heterocycles. The molecule has 0 bridgehead atoms. The van der Waals surface area contributed by atoms with Crippen molar-refractivity contribution in [1.29, 1.82) is 0 Å². The van der Waals surface area contributed by atoms with Crippen molar-refractivity contribution in [3.8, 4) is 0 Å². The van der Waals surface area contributed by atoms with Gasteiger partial charge in [0, 0.05) is 35.6 Å². The summed E-state index contributed by atoms with van der Waals surface area (Å²) in [7, 11) is 0. The summed E-state index contributed by atoms with van der Waals surface area (Å²) in [4.78, 5) is 49.9. The quantitative estimate of drug-likeness (QED) is 0.317. The number of nitrogens with zero attached hydrogens (tertiary/aromatic N) is 2. The van der Waals surface area contributed by atoms with Crippen LogP contribution in [0.25, 0.3) is 0 Å². The van der Waals surface area contributed by atoms with Crippen LogP contribution in [0.1, 0.15) is 26.3 Å². The molecule has 170 valence electrons. The number of carboxylic acid groups (broad SMARTS) is 1. The minimum Gasteiger partial charge on any atom is -0.477 e. The third-order valence-corrected chi connectivity index (χ3v) is 6.88. The first-order valence-electron chi connectivity index (χ1n) is 10.1. The molecule has 33 heavy (non-hydrogen) atoms. The predicted octanol–water partition coefficient (Wildman–Crippen LogP) is -0.416. The number of carbonyl (C=O) groups is 4. The number of pyridine rings is 1. The highest BCUT2D eigenvalue weighted by Gasteiger charge is 2.54. The van der Waals surface area contributed by atoms with Crippen LogP contribution in [0, 0.1) is 0 Å². The van der Waals surface area contributed by atoms with E-state index in [0.717, 1.165) is 5.56 Å². The average molecular weight is 469 g/mol. The van der Waals surface area contributed by atoms with E-state index < -0.39 is 35.1 Å². The summed E-state index contributed by atoms with van der Waals surface area (Å²) in [5.74, 6) is -2.27. The Morgan fingerprint density at radius 1 is 1.12 bits per heavy atom. The first kappa shape index (κ1) is 22.5. The van der Waals surface area contributed by atoms with Gasteiger partial charge in [0.1, 0.15) is 17.1 Å². The lowest BCUT2D eigenvalue weighted by molar-refractivity contribution is -0.689. The van der Waals surface area contributed by atoms with E-state index in [1.54, 1.807) is 53.4 Å². The Bertz CT molecular complexity index is 1160. The van der Waals surface area contributed by atoms with Crippen molar-refractivity contribution in [3.63, 3.8) is 0 Å². The number of nitrogens with two attached hydrogens (primary N) is 2. The fourth-order valence-electron chi connectivity index (χ4n) is 3.77. The lowest BCUT2D eigenvalue weighted by Gasteiger charge is -2.49. The van der Waals surface area contributed by atoms with E-state index in [1.807, 2.05) is 0 Å². The molecule has 0 saturated carbocycles. The zero-order chi connectivity index (χ0) is 23.7. The van der Waals surface area contributed by atoms with Crippen molar-refractivity contribution in [3.05, 3.63) is 76.8 Å². The van der Waals surface area contributed by atoms with Gasteiger partial charge in [-0.3, -0.25) is 19.3 Å². The van der Waals surface area contributed by atoms with Crippen LogP contribution < -0.4 is 21.4 Å². The monoisotopic (exact) mass is 468 g/mol. The first-order valence-corrected chi connectivity index (χ1v) is 11.1. The molecule has 3 amide bonds. The number of carbonyl (C=O) groups excluding carboxylic acids is 3. The van der Waals surface area contributed by atoms with Gasteiger partial charge in [-0.25, -0.2) is 9.36 Å². The van der Waals surface area contributed by atoms with Crippen molar-refractivity contribution in [2.75, 3.05) is 5.75 Å². The Balaban J connectivity index is 1.50. The number of benzene rings is 1. The average Bonchev–Trinajstić information content (AvgIpc) is 2.82. The van der Waals surface area contributed by atoms with Gasteiger partial charge in [0.25, 0.3) is 11.8 Å². The summed E-state index contributed by atoms with van der Waals surface area (Å²) in [6.07, 6.45) is 3.25. The van der Waals surface area contributed by atoms with Gasteiger partial charge in [-0.05, 0) is 17.7 Å². The molecule has 11 heteroatoms. The van der Waals surface area contributed by atoms with Crippen molar-refractivity contribution in [1.82, 2.24) is 10.2 Å². The highest BCUT2D eigenvalue weighted by Crippen LogP contribution is 2.40. The van der Waals surface area contributed by atoms with Crippen LogP contribution in [0.15, 0.2) is 60.1 Å². The van der Waals surface area contributed by atoms with Crippen LogP contribution in [0.4, 0.5) is 0 Å². The van der Waals surface area contributed by atoms with E-state index in [4.69, 9.17) is 11.5 Å². The van der Waals surface area contributed by atoms with Gasteiger partial charge in [-0.2, -0.15) is 0 Å². The lowest BCUT2D eigenvalue weighted by atomic mass is 10.0. The minimum atomic E-state index is -1.21. The van der Waals surface area contributed by atoms with Crippen LogP contribution in [0.5, 0.6) is 0 Å². The Morgan fingerprint density at radius 3 is 2.36 bits per heavy atom. The smallest absolute Gasteiger partial charge is 0.352 e. The molecule has 6 N–H and O–H groups in total. The lowest BCUT2D eigenvalue weighted by Crippen LogP contribution is -2.70. The number of aromatic nitrogens is 1. The van der Waals surface area contributed by atoms with Gasteiger partial charge in [-0.15, -0.1) is 11.8 Å².